The molecule has 0 unspecified atom stereocenters. The molecule has 2 aliphatic rings. The molecule has 3 heterocycles. The van der Waals surface area contributed by atoms with Gasteiger partial charge in [0.1, 0.15) is 11.2 Å². The van der Waals surface area contributed by atoms with Gasteiger partial charge in [0, 0.05) is 18.9 Å². The van der Waals surface area contributed by atoms with Crippen molar-refractivity contribution >= 4 is 11.6 Å². The van der Waals surface area contributed by atoms with Gasteiger partial charge in [-0.15, -0.1) is 0 Å². The summed E-state index contributed by atoms with van der Waals surface area (Å²) in [5, 5.41) is 0. The van der Waals surface area contributed by atoms with Crippen molar-refractivity contribution in [3.8, 4) is 0 Å². The first-order chi connectivity index (χ1) is 11.1. The van der Waals surface area contributed by atoms with Crippen LogP contribution < -0.4 is 5.56 Å². The van der Waals surface area contributed by atoms with Crippen LogP contribution in [-0.2, 0) is 4.74 Å². The van der Waals surface area contributed by atoms with E-state index in [4.69, 9.17) is 4.74 Å². The first-order valence-corrected chi connectivity index (χ1v) is 8.06. The number of hydrogen-bond donors (Lipinski definition) is 0. The summed E-state index contributed by atoms with van der Waals surface area (Å²) >= 11 is 0. The molecular weight excluding hydrogens is 294 g/mol. The predicted octanol–water partition coefficient (Wildman–Crippen LogP) is 1.40. The fraction of sp³-hybridized carbons (Fsp3) is 0.471. The molecule has 2 fully saturated rings. The number of aryl methyl sites for hydroxylation is 1. The van der Waals surface area contributed by atoms with Crippen LogP contribution in [0.2, 0.25) is 0 Å². The molecule has 6 heteroatoms. The minimum Gasteiger partial charge on any atom is -0.374 e. The topological polar surface area (TPSA) is 63.9 Å². The Morgan fingerprint density at radius 1 is 1.35 bits per heavy atom. The zero-order chi connectivity index (χ0) is 16.0. The zero-order valence-electron chi connectivity index (χ0n) is 13.1. The Balaban J connectivity index is 1.75. The Kier molecular flexibility index (Phi) is 3.41. The second-order valence-corrected chi connectivity index (χ2v) is 6.32. The molecule has 1 saturated heterocycles. The van der Waals surface area contributed by atoms with Crippen LogP contribution in [-0.4, -0.2) is 45.5 Å². The first-order valence-electron chi connectivity index (χ1n) is 8.06. The SMILES string of the molecule is Cc1ccc2ncc(C(=O)N3CCO[C@@H]4CCC[C@H]43)c(=O)n2c1. The number of carbonyl (C=O) groups excluding carboxylic acids is 1. The van der Waals surface area contributed by atoms with Crippen molar-refractivity contribution in [2.45, 2.75) is 38.3 Å². The van der Waals surface area contributed by atoms with Crippen LogP contribution >= 0.6 is 0 Å². The van der Waals surface area contributed by atoms with E-state index in [2.05, 4.69) is 4.98 Å². The monoisotopic (exact) mass is 313 g/mol. The van der Waals surface area contributed by atoms with E-state index in [1.165, 1.54) is 10.6 Å². The summed E-state index contributed by atoms with van der Waals surface area (Å²) in [6.45, 7) is 2.98. The van der Waals surface area contributed by atoms with Gasteiger partial charge < -0.3 is 9.64 Å². The Bertz CT molecular complexity index is 829. The Hall–Kier alpha value is -2.21. The maximum absolute atomic E-state index is 12.9. The summed E-state index contributed by atoms with van der Waals surface area (Å²) in [6.07, 6.45) is 6.24. The quantitative estimate of drug-likeness (QED) is 0.798. The van der Waals surface area contributed by atoms with E-state index >= 15 is 0 Å². The van der Waals surface area contributed by atoms with Gasteiger partial charge in [-0.2, -0.15) is 0 Å². The molecule has 2 aromatic rings. The third-order valence-corrected chi connectivity index (χ3v) is 4.82. The number of amides is 1. The van der Waals surface area contributed by atoms with Crippen LogP contribution in [0.25, 0.3) is 5.65 Å². The van der Waals surface area contributed by atoms with Gasteiger partial charge in [-0.05, 0) is 37.8 Å². The second kappa shape index (κ2) is 5.45. The number of rotatable bonds is 1. The number of ether oxygens (including phenoxy) is 1. The lowest BCUT2D eigenvalue weighted by Crippen LogP contribution is -2.52. The molecule has 2 atom stereocenters. The fourth-order valence-corrected chi connectivity index (χ4v) is 3.66. The summed E-state index contributed by atoms with van der Waals surface area (Å²) < 4.78 is 7.20. The average molecular weight is 313 g/mol. The van der Waals surface area contributed by atoms with Gasteiger partial charge in [0.25, 0.3) is 11.5 Å². The standard InChI is InChI=1S/C17H19N3O3/c1-11-5-6-15-18-9-12(17(22)20(15)10-11)16(21)19-7-8-23-14-4-2-3-13(14)19/h5-6,9-10,13-14H,2-4,7-8H2,1H3/t13-,14-/m1/s1. The minimum absolute atomic E-state index is 0.0915. The van der Waals surface area contributed by atoms with Crippen LogP contribution in [0.4, 0.5) is 0 Å². The van der Waals surface area contributed by atoms with Crippen molar-refractivity contribution in [3.05, 3.63) is 46.0 Å². The van der Waals surface area contributed by atoms with E-state index in [9.17, 15) is 9.59 Å². The molecule has 0 radical (unpaired) electrons. The van der Waals surface area contributed by atoms with E-state index < -0.39 is 0 Å². The highest BCUT2D eigenvalue weighted by Gasteiger charge is 2.39. The highest BCUT2D eigenvalue weighted by atomic mass is 16.5. The summed E-state index contributed by atoms with van der Waals surface area (Å²) in [4.78, 5) is 31.7. The number of pyridine rings is 1. The molecule has 23 heavy (non-hydrogen) atoms. The van der Waals surface area contributed by atoms with Gasteiger partial charge in [-0.1, -0.05) is 6.07 Å². The minimum atomic E-state index is -0.301. The van der Waals surface area contributed by atoms with Gasteiger partial charge in [-0.25, -0.2) is 4.98 Å². The van der Waals surface area contributed by atoms with Crippen molar-refractivity contribution in [1.29, 1.82) is 0 Å². The molecule has 0 N–H and O–H groups in total. The summed E-state index contributed by atoms with van der Waals surface area (Å²) in [6, 6.07) is 3.77. The van der Waals surface area contributed by atoms with Crippen molar-refractivity contribution in [2.24, 2.45) is 0 Å². The number of nitrogens with zero attached hydrogens (tertiary/aromatic N) is 3. The molecule has 1 amide bonds. The number of hydrogen-bond acceptors (Lipinski definition) is 4. The van der Waals surface area contributed by atoms with Gasteiger partial charge >= 0.3 is 0 Å². The van der Waals surface area contributed by atoms with Gasteiger partial charge in [0.2, 0.25) is 0 Å². The van der Waals surface area contributed by atoms with Crippen LogP contribution in [0.5, 0.6) is 0 Å². The molecule has 1 saturated carbocycles. The molecule has 0 aromatic carbocycles. The van der Waals surface area contributed by atoms with E-state index in [1.807, 2.05) is 17.9 Å². The second-order valence-electron chi connectivity index (χ2n) is 6.32. The maximum Gasteiger partial charge on any atom is 0.270 e. The molecule has 0 spiro atoms. The Morgan fingerprint density at radius 2 is 2.22 bits per heavy atom. The number of fused-ring (bicyclic) bond motifs is 2. The first kappa shape index (κ1) is 14.4. The zero-order valence-corrected chi connectivity index (χ0v) is 13.1. The molecule has 6 nitrogen and oxygen atoms in total. The van der Waals surface area contributed by atoms with E-state index in [-0.39, 0.29) is 29.2 Å². The Morgan fingerprint density at radius 3 is 3.09 bits per heavy atom. The molecule has 4 rings (SSSR count). The summed E-state index contributed by atoms with van der Waals surface area (Å²) in [5.74, 6) is -0.224. The van der Waals surface area contributed by atoms with Gasteiger partial charge in [0.15, 0.2) is 0 Å². The number of carbonyl (C=O) groups is 1. The molecule has 1 aliphatic heterocycles. The van der Waals surface area contributed by atoms with E-state index in [0.717, 1.165) is 24.8 Å². The Labute approximate surface area is 133 Å². The van der Waals surface area contributed by atoms with Gasteiger partial charge in [-0.3, -0.25) is 14.0 Å². The average Bonchev–Trinajstić information content (AvgIpc) is 3.04. The normalized spacial score (nSPS) is 24.0. The van der Waals surface area contributed by atoms with Crippen LogP contribution in [0.3, 0.4) is 0 Å². The highest BCUT2D eigenvalue weighted by Crippen LogP contribution is 2.30. The molecule has 1 aliphatic carbocycles. The molecule has 120 valence electrons. The summed E-state index contributed by atoms with van der Waals surface area (Å²) in [5.41, 5.74) is 1.34. The van der Waals surface area contributed by atoms with Crippen molar-refractivity contribution in [1.82, 2.24) is 14.3 Å². The lowest BCUT2D eigenvalue weighted by molar-refractivity contribution is -0.0446. The lowest BCUT2D eigenvalue weighted by Gasteiger charge is -2.37. The third-order valence-electron chi connectivity index (χ3n) is 4.82. The molecule has 0 bridgehead atoms. The van der Waals surface area contributed by atoms with E-state index in [1.54, 1.807) is 12.3 Å². The fourth-order valence-electron chi connectivity index (χ4n) is 3.66. The van der Waals surface area contributed by atoms with Crippen molar-refractivity contribution in [3.63, 3.8) is 0 Å². The third kappa shape index (κ3) is 2.34. The highest BCUT2D eigenvalue weighted by molar-refractivity contribution is 5.94. The van der Waals surface area contributed by atoms with Crippen LogP contribution in [0, 0.1) is 6.92 Å². The number of morpholine rings is 1. The van der Waals surface area contributed by atoms with Crippen LogP contribution in [0.15, 0.2) is 29.3 Å². The lowest BCUT2D eigenvalue weighted by atomic mass is 10.1. The van der Waals surface area contributed by atoms with Crippen LogP contribution in [0.1, 0.15) is 35.2 Å². The van der Waals surface area contributed by atoms with Gasteiger partial charge in [0.05, 0.1) is 18.8 Å². The largest absolute Gasteiger partial charge is 0.374 e. The van der Waals surface area contributed by atoms with Crippen molar-refractivity contribution < 1.29 is 9.53 Å². The maximum atomic E-state index is 12.9. The molecule has 2 aromatic heterocycles. The molecular formula is C17H19N3O3. The number of aromatic nitrogens is 2. The smallest absolute Gasteiger partial charge is 0.270 e. The van der Waals surface area contributed by atoms with Crippen molar-refractivity contribution in [2.75, 3.05) is 13.2 Å². The van der Waals surface area contributed by atoms with E-state index in [0.29, 0.717) is 18.8 Å². The predicted molar refractivity (Wildman–Crippen MR) is 84.6 cm³/mol. The summed E-state index contributed by atoms with van der Waals surface area (Å²) in [7, 11) is 0.